The number of hydrogen-bond donors (Lipinski definition) is 1. The van der Waals surface area contributed by atoms with Crippen LogP contribution in [0.25, 0.3) is 17.1 Å². The highest BCUT2D eigenvalue weighted by molar-refractivity contribution is 5.94. The average molecular weight is 366 g/mol. The minimum atomic E-state index is -0.0971. The van der Waals surface area contributed by atoms with Crippen molar-refractivity contribution in [1.82, 2.24) is 14.7 Å². The summed E-state index contributed by atoms with van der Waals surface area (Å²) in [6.45, 7) is 4.77. The maximum Gasteiger partial charge on any atom is 0.272 e. The first-order chi connectivity index (χ1) is 13.0. The minimum Gasteiger partial charge on any atom is -0.463 e. The fourth-order valence-electron chi connectivity index (χ4n) is 2.82. The van der Waals surface area contributed by atoms with Crippen LogP contribution < -0.4 is 5.73 Å². The summed E-state index contributed by atoms with van der Waals surface area (Å²) in [6, 6.07) is 15.1. The minimum absolute atomic E-state index is 0.0676. The van der Waals surface area contributed by atoms with Crippen molar-refractivity contribution in [3.63, 3.8) is 0 Å². The van der Waals surface area contributed by atoms with E-state index in [0.717, 1.165) is 12.1 Å². The molecule has 6 nitrogen and oxygen atoms in total. The van der Waals surface area contributed by atoms with E-state index in [9.17, 15) is 4.79 Å². The molecule has 0 bridgehead atoms. The number of hydrogen-bond acceptors (Lipinski definition) is 4. The van der Waals surface area contributed by atoms with Gasteiger partial charge in [0.2, 0.25) is 0 Å². The van der Waals surface area contributed by atoms with Crippen molar-refractivity contribution in [2.24, 2.45) is 11.7 Å². The van der Waals surface area contributed by atoms with E-state index in [-0.39, 0.29) is 11.9 Å². The van der Waals surface area contributed by atoms with Crippen LogP contribution >= 0.6 is 0 Å². The smallest absolute Gasteiger partial charge is 0.272 e. The molecule has 0 aliphatic heterocycles. The van der Waals surface area contributed by atoms with E-state index >= 15 is 0 Å². The van der Waals surface area contributed by atoms with Gasteiger partial charge in [0.25, 0.3) is 5.91 Å². The molecule has 0 spiro atoms. The molecule has 2 heterocycles. The first kappa shape index (κ1) is 18.9. The fraction of sp³-hybridized carbons (Fsp3) is 0.333. The lowest BCUT2D eigenvalue weighted by atomic mass is 10.0. The summed E-state index contributed by atoms with van der Waals surface area (Å²) < 4.78 is 7.12. The molecule has 1 unspecified atom stereocenters. The van der Waals surface area contributed by atoms with Crippen LogP contribution in [0.1, 0.15) is 30.8 Å². The fourth-order valence-corrected chi connectivity index (χ4v) is 2.82. The molecule has 2 N–H and O–H groups in total. The SMILES string of the molecule is CC(C)C(N)CCN(C)C(=O)c1cc(-c2ccco2)nn1-c1ccccc1. The van der Waals surface area contributed by atoms with Crippen molar-refractivity contribution in [3.05, 3.63) is 60.5 Å². The van der Waals surface area contributed by atoms with Gasteiger partial charge in [-0.15, -0.1) is 0 Å². The number of rotatable bonds is 7. The van der Waals surface area contributed by atoms with Gasteiger partial charge >= 0.3 is 0 Å². The molecule has 0 saturated carbocycles. The largest absolute Gasteiger partial charge is 0.463 e. The molecular formula is C21H26N4O2. The molecule has 142 valence electrons. The van der Waals surface area contributed by atoms with Gasteiger partial charge in [-0.25, -0.2) is 4.68 Å². The third kappa shape index (κ3) is 4.28. The Morgan fingerprint density at radius 3 is 2.59 bits per heavy atom. The summed E-state index contributed by atoms with van der Waals surface area (Å²) in [4.78, 5) is 14.8. The topological polar surface area (TPSA) is 77.3 Å². The molecule has 1 amide bonds. The number of nitrogens with two attached hydrogens (primary N) is 1. The van der Waals surface area contributed by atoms with Crippen molar-refractivity contribution in [2.45, 2.75) is 26.3 Å². The lowest BCUT2D eigenvalue weighted by molar-refractivity contribution is 0.0780. The van der Waals surface area contributed by atoms with Crippen LogP contribution in [0, 0.1) is 5.92 Å². The van der Waals surface area contributed by atoms with Crippen LogP contribution in [-0.2, 0) is 0 Å². The molecule has 27 heavy (non-hydrogen) atoms. The predicted molar refractivity (Wildman–Crippen MR) is 106 cm³/mol. The Hall–Kier alpha value is -2.86. The second-order valence-electron chi connectivity index (χ2n) is 7.06. The highest BCUT2D eigenvalue weighted by atomic mass is 16.3. The van der Waals surface area contributed by atoms with Crippen LogP contribution in [0.2, 0.25) is 0 Å². The molecule has 1 aromatic carbocycles. The van der Waals surface area contributed by atoms with E-state index in [0.29, 0.717) is 29.6 Å². The van der Waals surface area contributed by atoms with Crippen LogP contribution in [0.3, 0.4) is 0 Å². The second-order valence-corrected chi connectivity index (χ2v) is 7.06. The summed E-state index contributed by atoms with van der Waals surface area (Å²) in [5.74, 6) is 0.914. The molecule has 0 aliphatic rings. The lowest BCUT2D eigenvalue weighted by Crippen LogP contribution is -2.35. The Morgan fingerprint density at radius 1 is 1.22 bits per heavy atom. The van der Waals surface area contributed by atoms with Crippen LogP contribution in [0.15, 0.2) is 59.2 Å². The average Bonchev–Trinajstić information content (AvgIpc) is 3.35. The van der Waals surface area contributed by atoms with Crippen molar-refractivity contribution in [3.8, 4) is 17.1 Å². The first-order valence-electron chi connectivity index (χ1n) is 9.17. The molecular weight excluding hydrogens is 340 g/mol. The highest BCUT2D eigenvalue weighted by Crippen LogP contribution is 2.23. The summed E-state index contributed by atoms with van der Waals surface area (Å²) >= 11 is 0. The van der Waals surface area contributed by atoms with Gasteiger partial charge in [-0.3, -0.25) is 4.79 Å². The van der Waals surface area contributed by atoms with Crippen LogP contribution in [0.4, 0.5) is 0 Å². The van der Waals surface area contributed by atoms with E-state index in [2.05, 4.69) is 18.9 Å². The van der Waals surface area contributed by atoms with Crippen LogP contribution in [0.5, 0.6) is 0 Å². The Bertz CT molecular complexity index is 869. The molecule has 3 aromatic rings. The standard InChI is InChI=1S/C21H26N4O2/c1-15(2)17(22)11-12-24(3)21(26)19-14-18(20-10-7-13-27-20)23-25(19)16-8-5-4-6-9-16/h4-10,13-15,17H,11-12,22H2,1-3H3. The molecule has 0 fully saturated rings. The van der Waals surface area contributed by atoms with Gasteiger partial charge < -0.3 is 15.1 Å². The molecule has 0 saturated heterocycles. The van der Waals surface area contributed by atoms with Gasteiger partial charge in [-0.1, -0.05) is 32.0 Å². The monoisotopic (exact) mass is 366 g/mol. The quantitative estimate of drug-likeness (QED) is 0.693. The number of furan rings is 1. The number of para-hydroxylation sites is 1. The number of benzene rings is 1. The van der Waals surface area contributed by atoms with Crippen molar-refractivity contribution >= 4 is 5.91 Å². The number of aromatic nitrogens is 2. The maximum absolute atomic E-state index is 13.1. The predicted octanol–water partition coefficient (Wildman–Crippen LogP) is 3.58. The van der Waals surface area contributed by atoms with Crippen molar-refractivity contribution in [1.29, 1.82) is 0 Å². The van der Waals surface area contributed by atoms with Gasteiger partial charge in [-0.2, -0.15) is 5.10 Å². The van der Waals surface area contributed by atoms with Gasteiger partial charge in [0.05, 0.1) is 12.0 Å². The van der Waals surface area contributed by atoms with E-state index in [1.54, 1.807) is 35.0 Å². The number of carbonyl (C=O) groups is 1. The zero-order valence-electron chi connectivity index (χ0n) is 16.0. The molecule has 0 radical (unpaired) electrons. The van der Waals surface area contributed by atoms with E-state index in [4.69, 9.17) is 10.2 Å². The van der Waals surface area contributed by atoms with E-state index in [1.807, 2.05) is 36.4 Å². The zero-order chi connectivity index (χ0) is 19.4. The van der Waals surface area contributed by atoms with Crippen molar-refractivity contribution in [2.75, 3.05) is 13.6 Å². The van der Waals surface area contributed by atoms with E-state index < -0.39 is 0 Å². The van der Waals surface area contributed by atoms with E-state index in [1.165, 1.54) is 0 Å². The normalized spacial score (nSPS) is 12.3. The second kappa shape index (κ2) is 8.22. The van der Waals surface area contributed by atoms with Crippen LogP contribution in [-0.4, -0.2) is 40.2 Å². The molecule has 6 heteroatoms. The summed E-state index contributed by atoms with van der Waals surface area (Å²) in [7, 11) is 1.80. The number of carbonyl (C=O) groups excluding carboxylic acids is 1. The lowest BCUT2D eigenvalue weighted by Gasteiger charge is -2.21. The Kier molecular flexibility index (Phi) is 5.76. The highest BCUT2D eigenvalue weighted by Gasteiger charge is 2.22. The molecule has 1 atom stereocenters. The third-order valence-electron chi connectivity index (χ3n) is 4.70. The number of amides is 1. The molecule has 3 rings (SSSR count). The zero-order valence-corrected chi connectivity index (χ0v) is 16.0. The third-order valence-corrected chi connectivity index (χ3v) is 4.70. The Balaban J connectivity index is 1.90. The first-order valence-corrected chi connectivity index (χ1v) is 9.17. The Morgan fingerprint density at radius 2 is 1.96 bits per heavy atom. The summed E-state index contributed by atoms with van der Waals surface area (Å²) in [5, 5.41) is 4.60. The number of nitrogens with zero attached hydrogens (tertiary/aromatic N) is 3. The summed E-state index contributed by atoms with van der Waals surface area (Å²) in [5.41, 5.74) is 8.07. The van der Waals surface area contributed by atoms with Gasteiger partial charge in [-0.05, 0) is 36.6 Å². The van der Waals surface area contributed by atoms with Gasteiger partial charge in [0, 0.05) is 25.7 Å². The molecule has 0 aliphatic carbocycles. The van der Waals surface area contributed by atoms with Crippen molar-refractivity contribution < 1.29 is 9.21 Å². The summed E-state index contributed by atoms with van der Waals surface area (Å²) in [6.07, 6.45) is 2.35. The van der Waals surface area contributed by atoms with Gasteiger partial charge in [0.15, 0.2) is 5.76 Å². The van der Waals surface area contributed by atoms with Gasteiger partial charge in [0.1, 0.15) is 11.4 Å². The Labute approximate surface area is 159 Å². The molecule has 2 aromatic heterocycles. The maximum atomic E-state index is 13.1.